The lowest BCUT2D eigenvalue weighted by Gasteiger charge is -2.21. The summed E-state index contributed by atoms with van der Waals surface area (Å²) in [6.07, 6.45) is 12.0. The number of amides is 1. The lowest BCUT2D eigenvalue weighted by Crippen LogP contribution is -2.28. The number of nitrogens with zero attached hydrogens (tertiary/aromatic N) is 5. The second kappa shape index (κ2) is 8.33. The maximum Gasteiger partial charge on any atom is 0.247 e. The first-order valence-corrected chi connectivity index (χ1v) is 9.82. The minimum atomic E-state index is -0.123. The molecule has 4 heterocycles. The van der Waals surface area contributed by atoms with Crippen molar-refractivity contribution < 1.29 is 4.79 Å². The van der Waals surface area contributed by atoms with Gasteiger partial charge in [0.05, 0.1) is 5.69 Å². The average molecular weight is 410 g/mol. The highest BCUT2D eigenvalue weighted by Gasteiger charge is 2.14. The summed E-state index contributed by atoms with van der Waals surface area (Å²) in [5.41, 5.74) is 2.65. The molecule has 0 bridgehead atoms. The van der Waals surface area contributed by atoms with Crippen LogP contribution in [-0.2, 0) is 17.9 Å². The average Bonchev–Trinajstić information content (AvgIpc) is 3.28. The highest BCUT2D eigenvalue weighted by atomic mass is 35.5. The van der Waals surface area contributed by atoms with Crippen molar-refractivity contribution in [3.8, 4) is 0 Å². The van der Waals surface area contributed by atoms with Gasteiger partial charge in [-0.3, -0.25) is 19.2 Å². The van der Waals surface area contributed by atoms with Crippen LogP contribution in [-0.4, -0.2) is 30.2 Å². The molecule has 4 aromatic rings. The van der Waals surface area contributed by atoms with Gasteiger partial charge in [0.15, 0.2) is 10.1 Å². The molecule has 0 unspecified atom stereocenters. The second-order valence-electron chi connectivity index (χ2n) is 6.09. The molecule has 0 aromatic carbocycles. The van der Waals surface area contributed by atoms with Crippen molar-refractivity contribution in [2.45, 2.75) is 13.1 Å². The molecule has 0 aliphatic rings. The molecular weight excluding hydrogens is 394 g/mol. The summed E-state index contributed by atoms with van der Waals surface area (Å²) in [6.45, 7) is 0.919. The van der Waals surface area contributed by atoms with Gasteiger partial charge in [-0.2, -0.15) is 0 Å². The number of halogens is 1. The third-order valence-electron chi connectivity index (χ3n) is 4.17. The number of fused-ring (bicyclic) bond motifs is 1. The van der Waals surface area contributed by atoms with Gasteiger partial charge in [-0.25, -0.2) is 4.98 Å². The summed E-state index contributed by atoms with van der Waals surface area (Å²) in [7, 11) is 0. The van der Waals surface area contributed by atoms with E-state index >= 15 is 0 Å². The van der Waals surface area contributed by atoms with E-state index in [0.717, 1.165) is 16.1 Å². The number of pyridine rings is 2. The van der Waals surface area contributed by atoms with Crippen LogP contribution >= 0.6 is 22.9 Å². The molecule has 8 heteroatoms. The van der Waals surface area contributed by atoms with Gasteiger partial charge in [-0.1, -0.05) is 17.7 Å². The Balaban J connectivity index is 1.58. The molecule has 0 radical (unpaired) electrons. The van der Waals surface area contributed by atoms with Gasteiger partial charge in [-0.05, 0) is 35.4 Å². The molecule has 28 heavy (non-hydrogen) atoms. The van der Waals surface area contributed by atoms with E-state index in [-0.39, 0.29) is 5.91 Å². The number of hydrogen-bond donors (Lipinski definition) is 0. The van der Waals surface area contributed by atoms with Crippen molar-refractivity contribution >= 4 is 39.9 Å². The molecule has 0 fully saturated rings. The fourth-order valence-corrected chi connectivity index (χ4v) is 3.82. The van der Waals surface area contributed by atoms with Crippen LogP contribution in [0.25, 0.3) is 11.0 Å². The maximum atomic E-state index is 13.0. The fraction of sp³-hybridized carbons (Fsp3) is 0.100. The lowest BCUT2D eigenvalue weighted by molar-refractivity contribution is -0.127. The Morgan fingerprint density at radius 3 is 2.75 bits per heavy atom. The van der Waals surface area contributed by atoms with Crippen LogP contribution in [0.3, 0.4) is 0 Å². The van der Waals surface area contributed by atoms with Crippen molar-refractivity contribution in [1.29, 1.82) is 0 Å². The number of imidazole rings is 1. The van der Waals surface area contributed by atoms with E-state index in [2.05, 4.69) is 15.0 Å². The molecule has 1 amide bonds. The predicted octanol–water partition coefficient (Wildman–Crippen LogP) is 4.08. The van der Waals surface area contributed by atoms with Gasteiger partial charge in [0.25, 0.3) is 0 Å². The molecule has 6 nitrogen and oxygen atoms in total. The van der Waals surface area contributed by atoms with E-state index in [1.807, 2.05) is 40.2 Å². The summed E-state index contributed by atoms with van der Waals surface area (Å²) < 4.78 is 1.87. The summed E-state index contributed by atoms with van der Waals surface area (Å²) >= 11 is 7.71. The van der Waals surface area contributed by atoms with E-state index in [1.54, 1.807) is 35.8 Å². The first-order valence-electron chi connectivity index (χ1n) is 8.56. The Labute approximate surface area is 170 Å². The Kier molecular flexibility index (Phi) is 5.45. The summed E-state index contributed by atoms with van der Waals surface area (Å²) in [4.78, 5) is 28.0. The van der Waals surface area contributed by atoms with Crippen LogP contribution in [0.1, 0.15) is 16.8 Å². The summed E-state index contributed by atoms with van der Waals surface area (Å²) in [6, 6.07) is 7.61. The minimum absolute atomic E-state index is 0.123. The quantitative estimate of drug-likeness (QED) is 0.450. The zero-order valence-corrected chi connectivity index (χ0v) is 16.3. The van der Waals surface area contributed by atoms with Crippen LogP contribution < -0.4 is 0 Å². The number of rotatable bonds is 6. The van der Waals surface area contributed by atoms with E-state index in [4.69, 9.17) is 11.6 Å². The minimum Gasteiger partial charge on any atom is -0.330 e. The molecule has 0 spiro atoms. The lowest BCUT2D eigenvalue weighted by atomic mass is 10.2. The molecule has 0 aliphatic heterocycles. The van der Waals surface area contributed by atoms with Crippen molar-refractivity contribution in [3.63, 3.8) is 0 Å². The SMILES string of the molecule is O=C(C=Cc1c(Cl)nc2sccn12)N(Cc1ccncc1)Cc1cccnc1. The summed E-state index contributed by atoms with van der Waals surface area (Å²) in [5.74, 6) is -0.123. The smallest absolute Gasteiger partial charge is 0.247 e. The van der Waals surface area contributed by atoms with Crippen molar-refractivity contribution in [1.82, 2.24) is 24.3 Å². The predicted molar refractivity (Wildman–Crippen MR) is 110 cm³/mol. The number of carbonyl (C=O) groups is 1. The van der Waals surface area contributed by atoms with Gasteiger partial charge in [0.1, 0.15) is 0 Å². The van der Waals surface area contributed by atoms with Crippen LogP contribution in [0.5, 0.6) is 0 Å². The number of carbonyl (C=O) groups excluding carboxylic acids is 1. The van der Waals surface area contributed by atoms with Gasteiger partial charge in [0, 0.05) is 55.5 Å². The van der Waals surface area contributed by atoms with Crippen LogP contribution in [0.2, 0.25) is 5.15 Å². The van der Waals surface area contributed by atoms with Crippen LogP contribution in [0.15, 0.2) is 66.7 Å². The first-order chi connectivity index (χ1) is 13.7. The Hall–Kier alpha value is -3.03. The topological polar surface area (TPSA) is 63.4 Å². The van der Waals surface area contributed by atoms with Gasteiger partial charge >= 0.3 is 0 Å². The fourth-order valence-electron chi connectivity index (χ4n) is 2.81. The molecule has 0 saturated heterocycles. The molecule has 0 atom stereocenters. The number of hydrogen-bond acceptors (Lipinski definition) is 5. The third-order valence-corrected chi connectivity index (χ3v) is 5.20. The molecule has 0 N–H and O–H groups in total. The normalized spacial score (nSPS) is 11.3. The molecule has 0 aliphatic carbocycles. The molecule has 4 rings (SSSR count). The molecular formula is C20H16ClN5OS. The van der Waals surface area contributed by atoms with Crippen LogP contribution in [0.4, 0.5) is 0 Å². The summed E-state index contributed by atoms with van der Waals surface area (Å²) in [5, 5.41) is 2.31. The van der Waals surface area contributed by atoms with E-state index in [0.29, 0.717) is 23.9 Å². The van der Waals surface area contributed by atoms with Crippen LogP contribution in [0, 0.1) is 0 Å². The van der Waals surface area contributed by atoms with Crippen molar-refractivity contribution in [2.24, 2.45) is 0 Å². The van der Waals surface area contributed by atoms with Crippen molar-refractivity contribution in [3.05, 3.63) is 88.7 Å². The zero-order valence-electron chi connectivity index (χ0n) is 14.8. The van der Waals surface area contributed by atoms with E-state index in [1.165, 1.54) is 17.4 Å². The second-order valence-corrected chi connectivity index (χ2v) is 7.32. The number of thiazole rings is 1. The third kappa shape index (κ3) is 4.11. The maximum absolute atomic E-state index is 13.0. The molecule has 140 valence electrons. The largest absolute Gasteiger partial charge is 0.330 e. The monoisotopic (exact) mass is 409 g/mol. The molecule has 4 aromatic heterocycles. The van der Waals surface area contributed by atoms with Gasteiger partial charge in [-0.15, -0.1) is 11.3 Å². The van der Waals surface area contributed by atoms with E-state index < -0.39 is 0 Å². The Morgan fingerprint density at radius 2 is 1.96 bits per heavy atom. The molecule has 0 saturated carbocycles. The highest BCUT2D eigenvalue weighted by Crippen LogP contribution is 2.22. The first kappa shape index (κ1) is 18.3. The zero-order chi connectivity index (χ0) is 19.3. The number of aromatic nitrogens is 4. The Morgan fingerprint density at radius 1 is 1.14 bits per heavy atom. The standard InChI is InChI=1S/C20H16ClN5OS/c21-19-17(26-10-11-28-20(26)24-19)3-4-18(27)25(13-15-5-8-22-9-6-15)14-16-2-1-7-23-12-16/h1-12H,13-14H2. The van der Waals surface area contributed by atoms with Gasteiger partial charge in [0.2, 0.25) is 5.91 Å². The Bertz CT molecular complexity index is 1070. The van der Waals surface area contributed by atoms with Crippen molar-refractivity contribution in [2.75, 3.05) is 0 Å². The highest BCUT2D eigenvalue weighted by molar-refractivity contribution is 7.15. The van der Waals surface area contributed by atoms with E-state index in [9.17, 15) is 4.79 Å². The van der Waals surface area contributed by atoms with Gasteiger partial charge < -0.3 is 4.90 Å².